The monoisotopic (exact) mass is 252 g/mol. The summed E-state index contributed by atoms with van der Waals surface area (Å²) in [4.78, 5) is 2.83. The lowest BCUT2D eigenvalue weighted by Gasteiger charge is -2.47. The molecule has 0 aromatic rings. The van der Waals surface area contributed by atoms with Crippen molar-refractivity contribution in [3.05, 3.63) is 0 Å². The Hall–Kier alpha value is -0.0800. The molecule has 2 nitrogen and oxygen atoms in total. The molecule has 18 heavy (non-hydrogen) atoms. The van der Waals surface area contributed by atoms with Crippen molar-refractivity contribution in [3.63, 3.8) is 0 Å². The minimum absolute atomic E-state index is 0.778. The van der Waals surface area contributed by atoms with Gasteiger partial charge >= 0.3 is 0 Å². The SMILES string of the molecule is CCN(C1CCCC1)C1CCC1CNCC(C)C. The maximum atomic E-state index is 3.66. The van der Waals surface area contributed by atoms with Gasteiger partial charge in [-0.15, -0.1) is 0 Å². The highest BCUT2D eigenvalue weighted by Crippen LogP contribution is 2.36. The Labute approximate surface area is 114 Å². The van der Waals surface area contributed by atoms with Crippen molar-refractivity contribution in [1.82, 2.24) is 10.2 Å². The van der Waals surface area contributed by atoms with Crippen LogP contribution in [-0.2, 0) is 0 Å². The largest absolute Gasteiger partial charge is 0.316 e. The van der Waals surface area contributed by atoms with Crippen LogP contribution in [0.3, 0.4) is 0 Å². The van der Waals surface area contributed by atoms with Crippen molar-refractivity contribution in [2.24, 2.45) is 11.8 Å². The van der Waals surface area contributed by atoms with Crippen LogP contribution >= 0.6 is 0 Å². The smallest absolute Gasteiger partial charge is 0.0139 e. The van der Waals surface area contributed by atoms with Gasteiger partial charge in [-0.05, 0) is 57.2 Å². The van der Waals surface area contributed by atoms with Crippen LogP contribution in [0.1, 0.15) is 59.3 Å². The van der Waals surface area contributed by atoms with Crippen LogP contribution in [0.4, 0.5) is 0 Å². The summed E-state index contributed by atoms with van der Waals surface area (Å²) in [6.07, 6.45) is 8.72. The molecular formula is C16H32N2. The Kier molecular flexibility index (Phi) is 5.50. The van der Waals surface area contributed by atoms with Crippen LogP contribution < -0.4 is 5.32 Å². The molecule has 2 aliphatic carbocycles. The molecule has 2 heteroatoms. The predicted octanol–water partition coefficient (Wildman–Crippen LogP) is 3.28. The number of nitrogens with zero attached hydrogens (tertiary/aromatic N) is 1. The third-order valence-electron chi connectivity index (χ3n) is 4.92. The molecule has 2 fully saturated rings. The van der Waals surface area contributed by atoms with Crippen LogP contribution in [0.15, 0.2) is 0 Å². The van der Waals surface area contributed by atoms with E-state index in [4.69, 9.17) is 0 Å². The lowest BCUT2D eigenvalue weighted by molar-refractivity contribution is 0.0329. The first-order valence-electron chi connectivity index (χ1n) is 8.18. The molecule has 1 N–H and O–H groups in total. The third-order valence-corrected chi connectivity index (χ3v) is 4.92. The second-order valence-corrected chi connectivity index (χ2v) is 6.73. The van der Waals surface area contributed by atoms with E-state index in [9.17, 15) is 0 Å². The molecule has 2 aliphatic rings. The van der Waals surface area contributed by atoms with Crippen LogP contribution in [0.25, 0.3) is 0 Å². The average molecular weight is 252 g/mol. The first-order chi connectivity index (χ1) is 8.72. The molecule has 2 saturated carbocycles. The summed E-state index contributed by atoms with van der Waals surface area (Å²) in [6, 6.07) is 1.80. The molecule has 2 rings (SSSR count). The van der Waals surface area contributed by atoms with Gasteiger partial charge in [0, 0.05) is 12.1 Å². The Morgan fingerprint density at radius 2 is 1.83 bits per heavy atom. The van der Waals surface area contributed by atoms with Crippen LogP contribution in [0.5, 0.6) is 0 Å². The molecule has 0 bridgehead atoms. The van der Waals surface area contributed by atoms with E-state index in [1.807, 2.05) is 0 Å². The third kappa shape index (κ3) is 3.48. The van der Waals surface area contributed by atoms with E-state index in [1.54, 1.807) is 0 Å². The van der Waals surface area contributed by atoms with E-state index in [2.05, 4.69) is 31.0 Å². The highest BCUT2D eigenvalue weighted by molar-refractivity contribution is 4.93. The topological polar surface area (TPSA) is 15.3 Å². The second kappa shape index (κ2) is 6.91. The maximum Gasteiger partial charge on any atom is 0.0139 e. The van der Waals surface area contributed by atoms with Gasteiger partial charge in [0.2, 0.25) is 0 Å². The lowest BCUT2D eigenvalue weighted by atomic mass is 9.77. The summed E-state index contributed by atoms with van der Waals surface area (Å²) in [5.74, 6) is 1.70. The first kappa shape index (κ1) is 14.3. The quantitative estimate of drug-likeness (QED) is 0.748. The Balaban J connectivity index is 1.76. The highest BCUT2D eigenvalue weighted by Gasteiger charge is 2.37. The van der Waals surface area contributed by atoms with Gasteiger partial charge < -0.3 is 5.32 Å². The van der Waals surface area contributed by atoms with Gasteiger partial charge in [-0.1, -0.05) is 33.6 Å². The molecule has 0 aromatic heterocycles. The number of hydrogen-bond donors (Lipinski definition) is 1. The fourth-order valence-corrected chi connectivity index (χ4v) is 3.78. The zero-order valence-electron chi connectivity index (χ0n) is 12.6. The molecule has 0 radical (unpaired) electrons. The van der Waals surface area contributed by atoms with Crippen molar-refractivity contribution in [1.29, 1.82) is 0 Å². The van der Waals surface area contributed by atoms with E-state index >= 15 is 0 Å². The molecular weight excluding hydrogens is 220 g/mol. The summed E-state index contributed by atoms with van der Waals surface area (Å²) < 4.78 is 0. The summed E-state index contributed by atoms with van der Waals surface area (Å²) in [7, 11) is 0. The Bertz CT molecular complexity index is 233. The van der Waals surface area contributed by atoms with Crippen LogP contribution in [-0.4, -0.2) is 36.6 Å². The van der Waals surface area contributed by atoms with E-state index in [0.29, 0.717) is 0 Å². The van der Waals surface area contributed by atoms with Gasteiger partial charge in [-0.25, -0.2) is 0 Å². The van der Waals surface area contributed by atoms with Gasteiger partial charge in [0.25, 0.3) is 0 Å². The van der Waals surface area contributed by atoms with Crippen molar-refractivity contribution < 1.29 is 0 Å². The Morgan fingerprint density at radius 3 is 2.33 bits per heavy atom. The zero-order valence-corrected chi connectivity index (χ0v) is 12.6. The molecule has 0 spiro atoms. The van der Waals surface area contributed by atoms with Gasteiger partial charge in [-0.2, -0.15) is 0 Å². The first-order valence-corrected chi connectivity index (χ1v) is 8.18. The molecule has 0 heterocycles. The van der Waals surface area contributed by atoms with Gasteiger partial charge in [0.05, 0.1) is 0 Å². The van der Waals surface area contributed by atoms with Crippen LogP contribution in [0.2, 0.25) is 0 Å². The normalized spacial score (nSPS) is 29.2. The fraction of sp³-hybridized carbons (Fsp3) is 1.00. The summed E-state index contributed by atoms with van der Waals surface area (Å²) in [5, 5.41) is 3.66. The number of nitrogens with one attached hydrogen (secondary N) is 1. The molecule has 0 aliphatic heterocycles. The van der Waals surface area contributed by atoms with Gasteiger partial charge in [0.15, 0.2) is 0 Å². The molecule has 2 atom stereocenters. The maximum absolute atomic E-state index is 3.66. The van der Waals surface area contributed by atoms with Gasteiger partial charge in [0.1, 0.15) is 0 Å². The predicted molar refractivity (Wildman–Crippen MR) is 78.9 cm³/mol. The molecule has 2 unspecified atom stereocenters. The minimum atomic E-state index is 0.778. The van der Waals surface area contributed by atoms with Crippen molar-refractivity contribution in [2.45, 2.75) is 71.4 Å². The van der Waals surface area contributed by atoms with Crippen molar-refractivity contribution in [2.75, 3.05) is 19.6 Å². The molecule has 106 valence electrons. The minimum Gasteiger partial charge on any atom is -0.316 e. The summed E-state index contributed by atoms with van der Waals surface area (Å²) in [5.41, 5.74) is 0. The van der Waals surface area contributed by atoms with E-state index < -0.39 is 0 Å². The fourth-order valence-electron chi connectivity index (χ4n) is 3.78. The lowest BCUT2D eigenvalue weighted by Crippen LogP contribution is -2.53. The average Bonchev–Trinajstić information content (AvgIpc) is 2.82. The summed E-state index contributed by atoms with van der Waals surface area (Å²) >= 11 is 0. The standard InChI is InChI=1S/C16H32N2/c1-4-18(15-7-5-6-8-15)16-10-9-14(16)12-17-11-13(2)3/h13-17H,4-12H2,1-3H3. The van der Waals surface area contributed by atoms with Gasteiger partial charge in [-0.3, -0.25) is 4.90 Å². The van der Waals surface area contributed by atoms with Crippen LogP contribution in [0, 0.1) is 11.8 Å². The van der Waals surface area contributed by atoms with E-state index in [-0.39, 0.29) is 0 Å². The van der Waals surface area contributed by atoms with Crippen molar-refractivity contribution in [3.8, 4) is 0 Å². The number of hydrogen-bond acceptors (Lipinski definition) is 2. The second-order valence-electron chi connectivity index (χ2n) is 6.73. The molecule has 0 amide bonds. The number of rotatable bonds is 7. The highest BCUT2D eigenvalue weighted by atomic mass is 15.2. The van der Waals surface area contributed by atoms with E-state index in [1.165, 1.54) is 58.2 Å². The Morgan fingerprint density at radius 1 is 1.11 bits per heavy atom. The molecule has 0 saturated heterocycles. The van der Waals surface area contributed by atoms with Crippen molar-refractivity contribution >= 4 is 0 Å². The zero-order chi connectivity index (χ0) is 13.0. The van der Waals surface area contributed by atoms with E-state index in [0.717, 1.165) is 23.9 Å². The molecule has 0 aromatic carbocycles. The summed E-state index contributed by atoms with van der Waals surface area (Å²) in [6.45, 7) is 10.6.